The van der Waals surface area contributed by atoms with Crippen LogP contribution >= 0.6 is 0 Å². The highest BCUT2D eigenvalue weighted by Crippen LogP contribution is 2.39. The Morgan fingerprint density at radius 2 is 0.375 bits per heavy atom. The van der Waals surface area contributed by atoms with E-state index >= 15 is 0 Å². The van der Waals surface area contributed by atoms with Crippen LogP contribution in [0.3, 0.4) is 0 Å². The molecule has 21 saturated heterocycles. The first-order valence-electron chi connectivity index (χ1n) is 25.9. The average Bonchev–Trinajstić information content (AvgIpc) is 3.50. The standard InChI is InChI=1S/C44H75NO35/c46-2-1-45-3-10-31-17(53)24(60)38(67-10)75-32-11(4-47)69-40(26(62)19(32)55)77-34-13(6-49)71-42(28(64)21(34)57)79-36-15(8-51)73-44(30(66)23(36)59)80-37-16(9-52)72-43(29(65)22(37)58)78-35-14(7-50)70-41(27(63)20(35)56)76-33-12(5-48)68-39(74-31)25(61)18(33)54/h10-66H,1-9H2/p+1/t10-,11-,12-,13-,14-,15-,16-,17-,18-,19-,20-,21-,22-,23-,24-,25-,26-,27-,28-,29-,30-,31-,32-,33-,34-,35-,36-,37-,38-,39-,40-,41-,42-,43-,44-/m1/s1. The number of hydrogen-bond donors (Lipinski definition) is 22. The molecule has 21 aliphatic heterocycles. The Bertz CT molecular complexity index is 1880. The topological polar surface area (TPSA) is 571 Å². The second-order valence-corrected chi connectivity index (χ2v) is 20.5. The minimum Gasteiger partial charge on any atom is -0.394 e. The fourth-order valence-corrected chi connectivity index (χ4v) is 10.8. The highest BCUT2D eigenvalue weighted by Gasteiger charge is 2.59. The van der Waals surface area contributed by atoms with Gasteiger partial charge >= 0.3 is 0 Å². The van der Waals surface area contributed by atoms with Gasteiger partial charge in [0.05, 0.1) is 52.8 Å². The molecule has 23 N–H and O–H groups in total. The van der Waals surface area contributed by atoms with E-state index in [9.17, 15) is 107 Å². The van der Waals surface area contributed by atoms with Gasteiger partial charge in [-0.3, -0.25) is 0 Å². The van der Waals surface area contributed by atoms with Gasteiger partial charge in [0.2, 0.25) is 0 Å². The fourth-order valence-electron chi connectivity index (χ4n) is 10.8. The minimum absolute atomic E-state index is 0.0299. The van der Waals surface area contributed by atoms with Crippen LogP contribution in [0, 0.1) is 0 Å². The van der Waals surface area contributed by atoms with E-state index in [1.165, 1.54) is 5.32 Å². The number of aliphatic hydroxyl groups excluding tert-OH is 21. The van der Waals surface area contributed by atoms with Crippen molar-refractivity contribution in [1.82, 2.24) is 0 Å². The van der Waals surface area contributed by atoms with Gasteiger partial charge in [-0.25, -0.2) is 0 Å². The fraction of sp³-hybridized carbons (Fsp3) is 1.00. The van der Waals surface area contributed by atoms with E-state index in [-0.39, 0.29) is 19.7 Å². The third-order valence-corrected chi connectivity index (χ3v) is 15.3. The van der Waals surface area contributed by atoms with Crippen LogP contribution in [0.5, 0.6) is 0 Å². The van der Waals surface area contributed by atoms with Gasteiger partial charge in [0, 0.05) is 0 Å². The molecule has 21 heterocycles. The molecule has 80 heavy (non-hydrogen) atoms. The molecule has 21 fully saturated rings. The molecule has 0 aromatic rings. The Kier molecular flexibility index (Phi) is 22.5. The predicted octanol–water partition coefficient (Wildman–Crippen LogP) is -16.7. The predicted molar refractivity (Wildman–Crippen MR) is 240 cm³/mol. The van der Waals surface area contributed by atoms with Crippen molar-refractivity contribution >= 4 is 0 Å². The first kappa shape index (κ1) is 64.6. The highest BCUT2D eigenvalue weighted by atomic mass is 16.8. The average molecular weight is 1180 g/mol. The maximum absolute atomic E-state index is 11.6. The molecule has 36 nitrogen and oxygen atoms in total. The van der Waals surface area contributed by atoms with Gasteiger partial charge < -0.3 is 179 Å². The summed E-state index contributed by atoms with van der Waals surface area (Å²) in [5, 5.41) is 233. The second kappa shape index (κ2) is 27.9. The smallest absolute Gasteiger partial charge is 0.187 e. The summed E-state index contributed by atoms with van der Waals surface area (Å²) in [6.07, 6.45) is -69.3. The molecule has 0 aliphatic carbocycles. The Hall–Kier alpha value is -1.44. The molecule has 0 unspecified atom stereocenters. The van der Waals surface area contributed by atoms with E-state index in [0.29, 0.717) is 0 Å². The quantitative estimate of drug-likeness (QED) is 0.0903. The summed E-state index contributed by atoms with van der Waals surface area (Å²) in [5.41, 5.74) is 0. The number of rotatable bonds is 10. The SMILES string of the molecule is OCC[NH2+]C[C@H]1O[C@@H]2O[C@H]3[C@H](O)[C@@H](O)[C@@H](O[C@H]4[C@H](O)[C@@H](O)[C@@H](O[C@H]5[C@H](O)[C@@H](O)[C@@H](O[C@H]6[C@H](O)[C@@H](O)[C@@H](O[C@H]7[C@H](O)[C@@H](O)[C@@H](O[C@H]8[C@H](O)[C@@H](O)[C@@H](O[C@H]1[C@H](O)[C@H]2O)O[C@@H]8CO)O[C@@H]7CO)O[C@@H]6CO)O[C@@H]5CO)O[C@@H]4CO)O[C@@H]3CO. The Morgan fingerprint density at radius 3 is 0.537 bits per heavy atom. The summed E-state index contributed by atoms with van der Waals surface area (Å²) in [6, 6.07) is 0. The van der Waals surface area contributed by atoms with Gasteiger partial charge in [-0.2, -0.15) is 0 Å². The van der Waals surface area contributed by atoms with Crippen LogP contribution in [0.25, 0.3) is 0 Å². The Balaban J connectivity index is 1.09. The normalized spacial score (nSPS) is 53.7. The number of aliphatic hydroxyl groups is 21. The third-order valence-electron chi connectivity index (χ3n) is 15.3. The molecule has 0 aromatic carbocycles. The first-order valence-corrected chi connectivity index (χ1v) is 25.9. The van der Waals surface area contributed by atoms with Gasteiger partial charge in [0.15, 0.2) is 44.0 Å². The zero-order valence-electron chi connectivity index (χ0n) is 42.3. The summed E-state index contributed by atoms with van der Waals surface area (Å²) in [4.78, 5) is 0. The summed E-state index contributed by atoms with van der Waals surface area (Å²) in [5.74, 6) is 0. The van der Waals surface area contributed by atoms with Gasteiger partial charge in [0.25, 0.3) is 0 Å². The molecule has 0 radical (unpaired) electrons. The van der Waals surface area contributed by atoms with E-state index in [1.807, 2.05) is 0 Å². The van der Waals surface area contributed by atoms with Crippen LogP contribution in [-0.2, 0) is 66.3 Å². The zero-order chi connectivity index (χ0) is 58.2. The molecule has 0 amide bonds. The molecular weight excluding hydrogens is 1100 g/mol. The maximum atomic E-state index is 11.6. The summed E-state index contributed by atoms with van der Waals surface area (Å²) >= 11 is 0. The maximum Gasteiger partial charge on any atom is 0.187 e. The highest BCUT2D eigenvalue weighted by molar-refractivity contribution is 5.01. The van der Waals surface area contributed by atoms with Crippen LogP contribution in [0.2, 0.25) is 0 Å². The summed E-state index contributed by atoms with van der Waals surface area (Å²) in [6.45, 7) is -6.80. The van der Waals surface area contributed by atoms with Crippen LogP contribution in [0.1, 0.15) is 0 Å². The molecule has 35 atom stereocenters. The van der Waals surface area contributed by atoms with Gasteiger partial charge in [0.1, 0.15) is 177 Å². The van der Waals surface area contributed by atoms with E-state index < -0.39 is 255 Å². The second-order valence-electron chi connectivity index (χ2n) is 20.5. The largest absolute Gasteiger partial charge is 0.394 e. The van der Waals surface area contributed by atoms with Crippen molar-refractivity contribution in [3.8, 4) is 0 Å². The van der Waals surface area contributed by atoms with Crippen molar-refractivity contribution in [3.63, 3.8) is 0 Å². The van der Waals surface area contributed by atoms with Crippen LogP contribution < -0.4 is 5.32 Å². The van der Waals surface area contributed by atoms with Crippen molar-refractivity contribution in [2.24, 2.45) is 0 Å². The molecular formula is C44H76NO35+. The Labute approximate surface area is 452 Å². The minimum atomic E-state index is -2.21. The van der Waals surface area contributed by atoms with Crippen molar-refractivity contribution in [3.05, 3.63) is 0 Å². The van der Waals surface area contributed by atoms with Crippen LogP contribution in [0.15, 0.2) is 0 Å². The summed E-state index contributed by atoms with van der Waals surface area (Å²) < 4.78 is 80.6. The van der Waals surface area contributed by atoms with Gasteiger partial charge in [-0.1, -0.05) is 0 Å². The number of hydrogen-bond acceptors (Lipinski definition) is 35. The van der Waals surface area contributed by atoms with Crippen molar-refractivity contribution < 1.29 is 179 Å². The summed E-state index contributed by atoms with van der Waals surface area (Å²) in [7, 11) is 0. The van der Waals surface area contributed by atoms with Gasteiger partial charge in [-0.05, 0) is 0 Å². The molecule has 36 heteroatoms. The van der Waals surface area contributed by atoms with E-state index in [0.717, 1.165) is 0 Å². The van der Waals surface area contributed by atoms with Crippen LogP contribution in [0.4, 0.5) is 0 Å². The number of nitrogens with two attached hydrogens (primary N) is 1. The number of quaternary nitrogens is 1. The Morgan fingerprint density at radius 1 is 0.212 bits per heavy atom. The lowest BCUT2D eigenvalue weighted by molar-refractivity contribution is -0.666. The molecule has 466 valence electrons. The molecule has 21 rings (SSSR count). The van der Waals surface area contributed by atoms with Crippen LogP contribution in [-0.4, -0.2) is 382 Å². The molecule has 0 saturated carbocycles. The monoisotopic (exact) mass is 1180 g/mol. The molecule has 0 aromatic heterocycles. The van der Waals surface area contributed by atoms with Crippen molar-refractivity contribution in [2.45, 2.75) is 215 Å². The first-order chi connectivity index (χ1) is 38.2. The lowest BCUT2D eigenvalue weighted by Gasteiger charge is -2.50. The zero-order valence-corrected chi connectivity index (χ0v) is 42.3. The lowest BCUT2D eigenvalue weighted by Crippen LogP contribution is -2.89. The molecule has 0 spiro atoms. The van der Waals surface area contributed by atoms with Gasteiger partial charge in [-0.15, -0.1) is 0 Å². The van der Waals surface area contributed by atoms with E-state index in [2.05, 4.69) is 0 Å². The van der Waals surface area contributed by atoms with E-state index in [1.54, 1.807) is 0 Å². The molecule has 21 aliphatic rings. The van der Waals surface area contributed by atoms with Crippen molar-refractivity contribution in [1.29, 1.82) is 0 Å². The third kappa shape index (κ3) is 13.0. The lowest BCUT2D eigenvalue weighted by atomic mass is 9.95. The molecule has 14 bridgehead atoms. The van der Waals surface area contributed by atoms with Crippen molar-refractivity contribution in [2.75, 3.05) is 59.3 Å². The number of ether oxygens (including phenoxy) is 14. The van der Waals surface area contributed by atoms with E-state index in [4.69, 9.17) is 66.3 Å².